The Hall–Kier alpha value is -0.730. The second-order valence-corrected chi connectivity index (χ2v) is 4.97. The van der Waals surface area contributed by atoms with Crippen molar-refractivity contribution in [2.24, 2.45) is 0 Å². The van der Waals surface area contributed by atoms with E-state index in [1.54, 1.807) is 7.11 Å². The topological polar surface area (TPSA) is 12.5 Å². The predicted octanol–water partition coefficient (Wildman–Crippen LogP) is 3.36. The van der Waals surface area contributed by atoms with E-state index in [1.807, 2.05) is 0 Å². The van der Waals surface area contributed by atoms with Crippen LogP contribution in [0.1, 0.15) is 24.5 Å². The lowest BCUT2D eigenvalue weighted by molar-refractivity contribution is 0.340. The van der Waals surface area contributed by atoms with E-state index < -0.39 is 0 Å². The summed E-state index contributed by atoms with van der Waals surface area (Å²) in [6, 6.07) is 6.49. The van der Waals surface area contributed by atoms with Gasteiger partial charge in [0.1, 0.15) is 5.75 Å². The number of hydrogen-bond donors (Lipinski definition) is 0. The van der Waals surface area contributed by atoms with E-state index >= 15 is 0 Å². The number of alkyl halides is 1. The molecule has 0 aromatic heterocycles. The fraction of sp³-hybridized carbons (Fsp3) is 0.600. The van der Waals surface area contributed by atoms with Crippen molar-refractivity contribution in [3.05, 3.63) is 29.3 Å². The second-order valence-electron chi connectivity index (χ2n) is 4.60. The highest BCUT2D eigenvalue weighted by molar-refractivity contribution is 6.17. The molecule has 0 aliphatic heterocycles. The summed E-state index contributed by atoms with van der Waals surface area (Å²) in [5, 5.41) is 0. The molecule has 0 unspecified atom stereocenters. The lowest BCUT2D eigenvalue weighted by atomic mass is 10.1. The Balaban J connectivity index is 2.52. The van der Waals surface area contributed by atoms with E-state index in [0.29, 0.717) is 0 Å². The van der Waals surface area contributed by atoms with Crippen molar-refractivity contribution in [2.45, 2.75) is 26.2 Å². The number of likely N-dealkylation sites (N-methyl/N-ethyl adjacent to an activating group) is 1. The Bertz CT molecular complexity index is 354. The van der Waals surface area contributed by atoms with Gasteiger partial charge in [-0.2, -0.15) is 0 Å². The lowest BCUT2D eigenvalue weighted by Crippen LogP contribution is -2.22. The van der Waals surface area contributed by atoms with E-state index in [4.69, 9.17) is 16.3 Å². The lowest BCUT2D eigenvalue weighted by Gasteiger charge is -2.16. The first-order chi connectivity index (χ1) is 8.71. The Labute approximate surface area is 116 Å². The van der Waals surface area contributed by atoms with Crippen molar-refractivity contribution in [3.63, 3.8) is 0 Å². The van der Waals surface area contributed by atoms with Crippen molar-refractivity contribution in [1.82, 2.24) is 4.90 Å². The van der Waals surface area contributed by atoms with E-state index in [9.17, 15) is 0 Å². The first kappa shape index (κ1) is 15.3. The molecule has 1 aromatic carbocycles. The molecule has 0 heterocycles. The quantitative estimate of drug-likeness (QED) is 0.671. The zero-order valence-electron chi connectivity index (χ0n) is 11.7. The normalized spacial score (nSPS) is 10.9. The molecule has 2 nitrogen and oxygen atoms in total. The van der Waals surface area contributed by atoms with E-state index in [-0.39, 0.29) is 0 Å². The number of hydrogen-bond acceptors (Lipinski definition) is 2. The van der Waals surface area contributed by atoms with Crippen LogP contribution < -0.4 is 4.74 Å². The van der Waals surface area contributed by atoms with E-state index in [1.165, 1.54) is 11.1 Å². The minimum atomic E-state index is 0.743. The van der Waals surface area contributed by atoms with E-state index in [0.717, 1.165) is 44.0 Å². The number of benzene rings is 1. The summed E-state index contributed by atoms with van der Waals surface area (Å²) in [7, 11) is 3.88. The van der Waals surface area contributed by atoms with Crippen LogP contribution in [0.2, 0.25) is 0 Å². The summed E-state index contributed by atoms with van der Waals surface area (Å²) in [4.78, 5) is 2.33. The summed E-state index contributed by atoms with van der Waals surface area (Å²) in [5.41, 5.74) is 2.67. The molecule has 0 amide bonds. The van der Waals surface area contributed by atoms with Crippen LogP contribution in [0.5, 0.6) is 5.75 Å². The summed E-state index contributed by atoms with van der Waals surface area (Å²) >= 11 is 5.70. The van der Waals surface area contributed by atoms with Gasteiger partial charge in [-0.25, -0.2) is 0 Å². The van der Waals surface area contributed by atoms with Crippen molar-refractivity contribution >= 4 is 11.6 Å². The van der Waals surface area contributed by atoms with Gasteiger partial charge in [0.2, 0.25) is 0 Å². The van der Waals surface area contributed by atoms with Gasteiger partial charge in [0.05, 0.1) is 7.11 Å². The standard InChI is InChI=1S/C15H24ClNO/c1-4-14-12-13(6-7-15(14)18-3)8-11-17(2)10-5-9-16/h6-7,12H,4-5,8-11H2,1-3H3. The minimum absolute atomic E-state index is 0.743. The third kappa shape index (κ3) is 4.87. The van der Waals surface area contributed by atoms with Gasteiger partial charge in [0, 0.05) is 12.4 Å². The second kappa shape index (κ2) is 8.39. The number of nitrogens with zero attached hydrogens (tertiary/aromatic N) is 1. The fourth-order valence-electron chi connectivity index (χ4n) is 2.03. The molecule has 0 radical (unpaired) electrons. The molecule has 0 fully saturated rings. The van der Waals surface area contributed by atoms with Gasteiger partial charge in [-0.3, -0.25) is 0 Å². The van der Waals surface area contributed by atoms with Crippen LogP contribution >= 0.6 is 11.6 Å². The summed E-state index contributed by atoms with van der Waals surface area (Å²) in [6.45, 7) is 4.31. The molecule has 0 atom stereocenters. The maximum Gasteiger partial charge on any atom is 0.122 e. The van der Waals surface area contributed by atoms with Gasteiger partial charge >= 0.3 is 0 Å². The highest BCUT2D eigenvalue weighted by atomic mass is 35.5. The molecule has 0 saturated carbocycles. The van der Waals surface area contributed by atoms with Crippen molar-refractivity contribution < 1.29 is 4.74 Å². The molecular formula is C15H24ClNO. The third-order valence-corrected chi connectivity index (χ3v) is 3.45. The molecule has 3 heteroatoms. The maximum absolute atomic E-state index is 5.70. The highest BCUT2D eigenvalue weighted by Crippen LogP contribution is 2.20. The van der Waals surface area contributed by atoms with Gasteiger partial charge in [0.15, 0.2) is 0 Å². The summed E-state index contributed by atoms with van der Waals surface area (Å²) in [6.07, 6.45) is 3.15. The first-order valence-corrected chi connectivity index (χ1v) is 7.15. The number of aryl methyl sites for hydroxylation is 1. The molecule has 1 aromatic rings. The average molecular weight is 270 g/mol. The van der Waals surface area contributed by atoms with Crippen molar-refractivity contribution in [1.29, 1.82) is 0 Å². The van der Waals surface area contributed by atoms with Crippen LogP contribution in [0.3, 0.4) is 0 Å². The Kier molecular flexibility index (Phi) is 7.14. The van der Waals surface area contributed by atoms with Crippen LogP contribution in [0.25, 0.3) is 0 Å². The smallest absolute Gasteiger partial charge is 0.122 e. The molecule has 0 aliphatic carbocycles. The zero-order valence-corrected chi connectivity index (χ0v) is 12.5. The molecule has 18 heavy (non-hydrogen) atoms. The molecule has 0 aliphatic rings. The largest absolute Gasteiger partial charge is 0.496 e. The van der Waals surface area contributed by atoms with Gasteiger partial charge in [-0.05, 0) is 50.0 Å². The first-order valence-electron chi connectivity index (χ1n) is 6.61. The SMILES string of the molecule is CCc1cc(CCN(C)CCCCl)ccc1OC. The predicted molar refractivity (Wildman–Crippen MR) is 78.9 cm³/mol. The van der Waals surface area contributed by atoms with Crippen LogP contribution in [-0.2, 0) is 12.8 Å². The molecule has 0 N–H and O–H groups in total. The van der Waals surface area contributed by atoms with Gasteiger partial charge in [0.25, 0.3) is 0 Å². The number of rotatable bonds is 8. The van der Waals surface area contributed by atoms with Crippen LogP contribution in [-0.4, -0.2) is 38.0 Å². The van der Waals surface area contributed by atoms with E-state index in [2.05, 4.69) is 37.1 Å². The van der Waals surface area contributed by atoms with Gasteiger partial charge < -0.3 is 9.64 Å². The molecule has 0 bridgehead atoms. The van der Waals surface area contributed by atoms with Crippen molar-refractivity contribution in [2.75, 3.05) is 33.1 Å². The Morgan fingerprint density at radius 1 is 1.28 bits per heavy atom. The number of methoxy groups -OCH3 is 1. The number of halogens is 1. The van der Waals surface area contributed by atoms with Crippen LogP contribution in [0, 0.1) is 0 Å². The van der Waals surface area contributed by atoms with Gasteiger partial charge in [-0.1, -0.05) is 19.1 Å². The average Bonchev–Trinajstić information content (AvgIpc) is 2.42. The summed E-state index contributed by atoms with van der Waals surface area (Å²) in [5.74, 6) is 1.74. The zero-order chi connectivity index (χ0) is 13.4. The Morgan fingerprint density at radius 2 is 2.06 bits per heavy atom. The number of ether oxygens (including phenoxy) is 1. The van der Waals surface area contributed by atoms with Crippen molar-refractivity contribution in [3.8, 4) is 5.75 Å². The van der Waals surface area contributed by atoms with Crippen LogP contribution in [0.15, 0.2) is 18.2 Å². The Morgan fingerprint density at radius 3 is 2.67 bits per heavy atom. The molecule has 0 spiro atoms. The maximum atomic E-state index is 5.70. The highest BCUT2D eigenvalue weighted by Gasteiger charge is 2.04. The summed E-state index contributed by atoms with van der Waals surface area (Å²) < 4.78 is 5.34. The van der Waals surface area contributed by atoms with Gasteiger partial charge in [-0.15, -0.1) is 11.6 Å². The van der Waals surface area contributed by atoms with Crippen LogP contribution in [0.4, 0.5) is 0 Å². The monoisotopic (exact) mass is 269 g/mol. The molecule has 102 valence electrons. The third-order valence-electron chi connectivity index (χ3n) is 3.18. The molecule has 0 saturated heterocycles. The minimum Gasteiger partial charge on any atom is -0.496 e. The molecular weight excluding hydrogens is 246 g/mol. The molecule has 1 rings (SSSR count). The fourth-order valence-corrected chi connectivity index (χ4v) is 2.14.